The fraction of sp³-hybridized carbons (Fsp3) is 0.623. The van der Waals surface area contributed by atoms with E-state index >= 15 is 0 Å². The normalized spacial score (nSPS) is 13.9. The number of carbonyl (C=O) groups excluding carboxylic acids is 10. The molecule has 0 aliphatic rings. The summed E-state index contributed by atoms with van der Waals surface area (Å²) in [4.78, 5) is 154. The number of unbranched alkanes of at least 4 members (excludes halogenated alkanes) is 1. The smallest absolute Gasteiger partial charge is 0.326 e. The van der Waals surface area contributed by atoms with Gasteiger partial charge < -0.3 is 67.3 Å². The molecule has 1 aromatic heterocycles. The van der Waals surface area contributed by atoms with Crippen LogP contribution in [-0.4, -0.2) is 192 Å². The largest absolute Gasteiger partial charge is 0.508 e. The molecule has 0 bridgehead atoms. The number of phenolic OH excluding ortho intramolecular Hbond substituents is 2. The minimum absolute atomic E-state index is 0.00422. The van der Waals surface area contributed by atoms with Crippen LogP contribution >= 0.6 is 25.3 Å². The summed E-state index contributed by atoms with van der Waals surface area (Å²) in [6.07, 6.45) is 3.69. The fourth-order valence-electron chi connectivity index (χ4n) is 10.5. The molecule has 0 aliphatic heterocycles. The van der Waals surface area contributed by atoms with Gasteiger partial charge in [-0.05, 0) is 112 Å². The number of phenols is 2. The number of nitrogens with zero attached hydrogens (tertiary/aromatic N) is 3. The highest BCUT2D eigenvalue weighted by atomic mass is 32.1. The molecule has 0 spiro atoms. The van der Waals surface area contributed by atoms with Crippen molar-refractivity contribution in [3.8, 4) is 11.5 Å². The number of ketones is 5. The maximum atomic E-state index is 13.7. The number of aromatic hydroxyl groups is 2. The first-order valence-corrected chi connectivity index (χ1v) is 34.9. The van der Waals surface area contributed by atoms with Crippen LogP contribution in [0.5, 0.6) is 11.5 Å². The molecule has 9 atom stereocenters. The number of benzene rings is 2. The number of carbonyl (C=O) groups is 12. The molecule has 0 aliphatic carbocycles. The van der Waals surface area contributed by atoms with Gasteiger partial charge in [0.05, 0.1) is 81.1 Å². The lowest BCUT2D eigenvalue weighted by Crippen LogP contribution is -2.50. The third-order valence-corrected chi connectivity index (χ3v) is 16.6. The van der Waals surface area contributed by atoms with E-state index in [2.05, 4.69) is 62.2 Å². The number of nitrogens with one attached hydrogen (secondary N) is 5. The number of Topliss-reactive ketones (excluding diaryl/α,β-unsaturated/α-hetero) is 5. The summed E-state index contributed by atoms with van der Waals surface area (Å²) >= 11 is 8.53. The highest BCUT2D eigenvalue weighted by Crippen LogP contribution is 2.23. The topological polar surface area (TPSA) is 441 Å². The van der Waals surface area contributed by atoms with Crippen molar-refractivity contribution in [3.05, 3.63) is 71.5 Å². The second kappa shape index (κ2) is 48.2. The second-order valence-electron chi connectivity index (χ2n) is 25.5. The first-order chi connectivity index (χ1) is 46.9. The molecule has 2 aromatic carbocycles. The van der Waals surface area contributed by atoms with E-state index in [0.717, 1.165) is 5.69 Å². The quantitative estimate of drug-likeness (QED) is 0.0280. The summed E-state index contributed by atoms with van der Waals surface area (Å²) in [7, 11) is 0. The molecule has 12 N–H and O–H groups in total. The number of aliphatic hydroxyl groups excluding tert-OH is 1. The number of carboxylic acid groups (broad SMARTS) is 2. The SMILES string of the molecule is CC(=O)N[C@@H](Cc1ccc(O)cc1)C(=O)C[C@H](CC(C)C)C(=O)N[C@@H](CC(=O)O)C(=O)CCCOCCOCCn1cc(C)nn1.CCCC(=O)C[C@@H](CCCCN)C(=O)N[C@@H](CS)C(=O)C[C@@H](CS)C(=O)N[C@H](Cc1ccc(O)cc1)C(=O)C[C@@H](CO)C(=O)N[C@@H](CC(C)C)C(=O)O. The molecule has 0 saturated carbocycles. The molecule has 552 valence electrons. The molecular formula is C69H105N9O19S2. The Balaban J connectivity index is 0.000000680. The van der Waals surface area contributed by atoms with E-state index in [4.69, 9.17) is 15.2 Å². The van der Waals surface area contributed by atoms with Gasteiger partial charge in [-0.25, -0.2) is 9.48 Å². The summed E-state index contributed by atoms with van der Waals surface area (Å²) in [6, 6.07) is 6.39. The molecule has 3 rings (SSSR count). The number of rotatable bonds is 51. The first-order valence-electron chi connectivity index (χ1n) is 33.6. The predicted molar refractivity (Wildman–Crippen MR) is 373 cm³/mol. The minimum Gasteiger partial charge on any atom is -0.508 e. The van der Waals surface area contributed by atoms with Crippen LogP contribution in [0.1, 0.15) is 148 Å². The Morgan fingerprint density at radius 1 is 0.556 bits per heavy atom. The molecule has 99 heavy (non-hydrogen) atoms. The van der Waals surface area contributed by atoms with Crippen molar-refractivity contribution in [2.45, 2.75) is 188 Å². The van der Waals surface area contributed by atoms with Gasteiger partial charge in [0.1, 0.15) is 23.3 Å². The Bertz CT molecular complexity index is 3040. The Kier molecular flexibility index (Phi) is 42.6. The van der Waals surface area contributed by atoms with Crippen LogP contribution in [0.4, 0.5) is 0 Å². The van der Waals surface area contributed by atoms with E-state index in [0.29, 0.717) is 89.0 Å². The average Bonchev–Trinajstić information content (AvgIpc) is 1.20. The lowest BCUT2D eigenvalue weighted by atomic mass is 9.88. The Morgan fingerprint density at radius 3 is 1.55 bits per heavy atom. The summed E-state index contributed by atoms with van der Waals surface area (Å²) < 4.78 is 12.7. The van der Waals surface area contributed by atoms with Crippen molar-refractivity contribution in [2.75, 3.05) is 51.1 Å². The molecule has 0 fully saturated rings. The monoisotopic (exact) mass is 1430 g/mol. The molecule has 5 amide bonds. The molecule has 0 unspecified atom stereocenters. The number of ether oxygens (including phenoxy) is 2. The standard InChI is InChI=1S/C37H58N4O10S2.C32H47N5O9/c1-4-7-28(44)16-24(8-5-6-13-38)34(47)41-31(21-53)33(46)18-26(20-52)36(49)39-29(15-23-9-11-27(43)12-10-23)32(45)17-25(19-42)35(48)40-30(37(50)51)14-22(2)3;1-21(2)16-25(18-30(41)27(33-23(4)38)17-24-7-9-26(39)10-8-24)32(44)34-28(19-31(42)43)29(40)6-5-12-45-14-15-46-13-11-37-20-22(3)35-36-37/h9-12,22,24-26,29-31,42-43,52-53H,4-8,13-21,38H2,1-3H3,(H,39,49)(H,40,48)(H,41,47)(H,50,51);7-10,20-21,25,27-28,39H,5-6,11-19H2,1-4H3,(H,33,38)(H,34,44)(H,42,43)/t24-,25+,26+,29-,30+,31+;25-,27-,28-/m10/s1. The van der Waals surface area contributed by atoms with Crippen LogP contribution in [0.25, 0.3) is 0 Å². The van der Waals surface area contributed by atoms with Crippen LogP contribution in [0.2, 0.25) is 0 Å². The van der Waals surface area contributed by atoms with Gasteiger partial charge in [0.2, 0.25) is 29.5 Å². The van der Waals surface area contributed by atoms with E-state index in [-0.39, 0.29) is 98.0 Å². The van der Waals surface area contributed by atoms with Gasteiger partial charge in [-0.1, -0.05) is 70.5 Å². The number of aryl methyl sites for hydroxylation is 1. The zero-order valence-corrected chi connectivity index (χ0v) is 59.8. The van der Waals surface area contributed by atoms with Crippen LogP contribution in [0.15, 0.2) is 54.7 Å². The zero-order chi connectivity index (χ0) is 74.1. The fourth-order valence-corrected chi connectivity index (χ4v) is 11.1. The van der Waals surface area contributed by atoms with E-state index in [1.165, 1.54) is 31.2 Å². The average molecular weight is 1430 g/mol. The third-order valence-electron chi connectivity index (χ3n) is 15.8. The van der Waals surface area contributed by atoms with Gasteiger partial charge in [-0.15, -0.1) is 5.10 Å². The number of carboxylic acids is 2. The van der Waals surface area contributed by atoms with E-state index in [1.54, 1.807) is 42.8 Å². The number of aliphatic carboxylic acids is 2. The molecule has 3 aromatic rings. The van der Waals surface area contributed by atoms with Gasteiger partial charge in [0, 0.05) is 81.6 Å². The number of aromatic nitrogens is 3. The molecule has 30 heteroatoms. The van der Waals surface area contributed by atoms with Gasteiger partial charge in [-0.3, -0.25) is 52.7 Å². The Labute approximate surface area is 590 Å². The van der Waals surface area contributed by atoms with Gasteiger partial charge >= 0.3 is 11.9 Å². The van der Waals surface area contributed by atoms with Crippen molar-refractivity contribution in [1.82, 2.24) is 41.6 Å². The lowest BCUT2D eigenvalue weighted by molar-refractivity contribution is -0.143. The van der Waals surface area contributed by atoms with E-state index in [1.807, 2.05) is 33.9 Å². The molecule has 1 heterocycles. The summed E-state index contributed by atoms with van der Waals surface area (Å²) in [6.45, 7) is 13.9. The van der Waals surface area contributed by atoms with E-state index < -0.39 is 132 Å². The number of amides is 5. The summed E-state index contributed by atoms with van der Waals surface area (Å²) in [5.74, 6) is -11.6. The van der Waals surface area contributed by atoms with Crippen molar-refractivity contribution < 1.29 is 92.5 Å². The van der Waals surface area contributed by atoms with Crippen molar-refractivity contribution in [3.63, 3.8) is 0 Å². The molecule has 28 nitrogen and oxygen atoms in total. The van der Waals surface area contributed by atoms with Crippen molar-refractivity contribution in [1.29, 1.82) is 0 Å². The summed E-state index contributed by atoms with van der Waals surface area (Å²) in [5, 5.41) is 69.0. The number of nitrogens with two attached hydrogens (primary N) is 1. The number of hydrogen-bond acceptors (Lipinski definition) is 22. The van der Waals surface area contributed by atoms with Gasteiger partial charge in [0.25, 0.3) is 0 Å². The number of thiol groups is 2. The van der Waals surface area contributed by atoms with Crippen LogP contribution < -0.4 is 32.3 Å². The van der Waals surface area contributed by atoms with Crippen LogP contribution in [0.3, 0.4) is 0 Å². The Hall–Kier alpha value is -7.64. The summed E-state index contributed by atoms with van der Waals surface area (Å²) in [5.41, 5.74) is 7.67. The van der Waals surface area contributed by atoms with Gasteiger partial charge in [-0.2, -0.15) is 25.3 Å². The zero-order valence-electron chi connectivity index (χ0n) is 58.0. The van der Waals surface area contributed by atoms with E-state index in [9.17, 15) is 83.1 Å². The highest BCUT2D eigenvalue weighted by molar-refractivity contribution is 7.80. The van der Waals surface area contributed by atoms with Crippen LogP contribution in [0, 0.1) is 42.4 Å². The maximum Gasteiger partial charge on any atom is 0.326 e. The third kappa shape index (κ3) is 36.3. The number of aliphatic hydroxyl groups is 1. The molecule has 0 saturated heterocycles. The predicted octanol–water partition coefficient (Wildman–Crippen LogP) is 4.03. The van der Waals surface area contributed by atoms with Crippen LogP contribution in [-0.2, 0) is 86.4 Å². The second-order valence-corrected chi connectivity index (χ2v) is 26.2. The van der Waals surface area contributed by atoms with Crippen molar-refractivity contribution in [2.24, 2.45) is 41.2 Å². The number of hydrogen-bond donors (Lipinski definition) is 13. The molecular weight excluding hydrogens is 1320 g/mol. The lowest BCUT2D eigenvalue weighted by Gasteiger charge is -2.25. The maximum absolute atomic E-state index is 13.7. The first kappa shape index (κ1) is 87.4. The minimum atomic E-state index is -1.31. The van der Waals surface area contributed by atoms with Gasteiger partial charge in [0.15, 0.2) is 23.1 Å². The molecule has 0 radical (unpaired) electrons. The highest BCUT2D eigenvalue weighted by Gasteiger charge is 2.35. The van der Waals surface area contributed by atoms with Crippen molar-refractivity contribution >= 4 is 95.6 Å². The Morgan fingerprint density at radius 2 is 1.05 bits per heavy atom.